The Morgan fingerprint density at radius 3 is 2.62 bits per heavy atom. The Kier molecular flexibility index (Phi) is 2.72. The van der Waals surface area contributed by atoms with Gasteiger partial charge >= 0.3 is 0 Å². The average molecular weight is 216 g/mol. The number of aryl methyl sites for hydroxylation is 1. The second-order valence-corrected chi connectivity index (χ2v) is 3.66. The molecule has 0 radical (unpaired) electrons. The van der Waals surface area contributed by atoms with Crippen LogP contribution in [0.25, 0.3) is 0 Å². The highest BCUT2D eigenvalue weighted by molar-refractivity contribution is 5.40. The van der Waals surface area contributed by atoms with E-state index in [4.69, 9.17) is 0 Å². The van der Waals surface area contributed by atoms with E-state index >= 15 is 0 Å². The lowest BCUT2D eigenvalue weighted by atomic mass is 10.2. The van der Waals surface area contributed by atoms with Crippen LogP contribution in [0.5, 0.6) is 0 Å². The second kappa shape index (κ2) is 4.18. The molecule has 82 valence electrons. The van der Waals surface area contributed by atoms with Gasteiger partial charge in [0.15, 0.2) is 0 Å². The summed E-state index contributed by atoms with van der Waals surface area (Å²) >= 11 is 0. The number of nitro benzene ring substituents is 1. The van der Waals surface area contributed by atoms with E-state index in [1.165, 1.54) is 6.07 Å². The van der Waals surface area contributed by atoms with Crippen molar-refractivity contribution in [2.24, 2.45) is 0 Å². The van der Waals surface area contributed by atoms with Crippen LogP contribution in [0.15, 0.2) is 42.6 Å². The predicted octanol–water partition coefficient (Wildman–Crippen LogP) is 2.75. The van der Waals surface area contributed by atoms with E-state index in [1.54, 1.807) is 12.1 Å². The molecule has 0 aliphatic rings. The summed E-state index contributed by atoms with van der Waals surface area (Å²) in [6.45, 7) is 2.52. The Labute approximate surface area is 93.3 Å². The summed E-state index contributed by atoms with van der Waals surface area (Å²) in [7, 11) is 0. The molecule has 4 heteroatoms. The van der Waals surface area contributed by atoms with E-state index in [-0.39, 0.29) is 10.6 Å². The molecule has 0 aliphatic carbocycles. The summed E-state index contributed by atoms with van der Waals surface area (Å²) in [6, 6.07) is 10.7. The minimum Gasteiger partial charge on any atom is -0.347 e. The topological polar surface area (TPSA) is 48.1 Å². The highest BCUT2D eigenvalue weighted by Gasteiger charge is 2.12. The maximum absolute atomic E-state index is 10.8. The number of para-hydroxylation sites is 1. The largest absolute Gasteiger partial charge is 0.347 e. The number of rotatable bonds is 3. The van der Waals surface area contributed by atoms with Crippen LogP contribution in [-0.2, 0) is 6.54 Å². The zero-order chi connectivity index (χ0) is 11.5. The zero-order valence-corrected chi connectivity index (χ0v) is 8.96. The van der Waals surface area contributed by atoms with Crippen LogP contribution < -0.4 is 0 Å². The number of hydrogen-bond acceptors (Lipinski definition) is 2. The molecule has 0 saturated heterocycles. The molecule has 0 spiro atoms. The lowest BCUT2D eigenvalue weighted by Crippen LogP contribution is -2.03. The third kappa shape index (κ3) is 1.95. The van der Waals surface area contributed by atoms with Gasteiger partial charge in [0.25, 0.3) is 5.69 Å². The van der Waals surface area contributed by atoms with Crippen molar-refractivity contribution in [3.63, 3.8) is 0 Å². The normalized spacial score (nSPS) is 10.3. The van der Waals surface area contributed by atoms with Crippen molar-refractivity contribution in [2.45, 2.75) is 13.5 Å². The molecule has 0 bridgehead atoms. The van der Waals surface area contributed by atoms with E-state index in [9.17, 15) is 10.1 Å². The van der Waals surface area contributed by atoms with Gasteiger partial charge in [-0.1, -0.05) is 18.2 Å². The summed E-state index contributed by atoms with van der Waals surface area (Å²) < 4.78 is 1.99. The molecule has 0 fully saturated rings. The van der Waals surface area contributed by atoms with Crippen molar-refractivity contribution in [1.82, 2.24) is 4.57 Å². The van der Waals surface area contributed by atoms with Crippen molar-refractivity contribution < 1.29 is 4.92 Å². The van der Waals surface area contributed by atoms with Gasteiger partial charge in [-0.2, -0.15) is 0 Å². The Balaban J connectivity index is 2.35. The highest BCUT2D eigenvalue weighted by atomic mass is 16.6. The molecule has 0 amide bonds. The Bertz CT molecular complexity index is 517. The first-order chi connectivity index (χ1) is 7.68. The second-order valence-electron chi connectivity index (χ2n) is 3.66. The lowest BCUT2D eigenvalue weighted by Gasteiger charge is -2.06. The van der Waals surface area contributed by atoms with Crippen molar-refractivity contribution >= 4 is 5.69 Å². The van der Waals surface area contributed by atoms with Crippen LogP contribution in [0.3, 0.4) is 0 Å². The van der Waals surface area contributed by atoms with E-state index in [2.05, 4.69) is 0 Å². The van der Waals surface area contributed by atoms with E-state index in [0.717, 1.165) is 11.3 Å². The summed E-state index contributed by atoms with van der Waals surface area (Å²) in [6.07, 6.45) is 1.92. The van der Waals surface area contributed by atoms with Crippen molar-refractivity contribution in [3.05, 3.63) is 64.0 Å². The summed E-state index contributed by atoms with van der Waals surface area (Å²) in [4.78, 5) is 10.5. The van der Waals surface area contributed by atoms with Gasteiger partial charge in [0.05, 0.1) is 11.5 Å². The molecular weight excluding hydrogens is 204 g/mol. The quantitative estimate of drug-likeness (QED) is 0.585. The van der Waals surface area contributed by atoms with Crippen molar-refractivity contribution in [2.75, 3.05) is 0 Å². The van der Waals surface area contributed by atoms with Gasteiger partial charge in [-0.25, -0.2) is 0 Å². The third-order valence-corrected chi connectivity index (χ3v) is 2.59. The molecular formula is C12H12N2O2. The fraction of sp³-hybridized carbons (Fsp3) is 0.167. The van der Waals surface area contributed by atoms with Crippen LogP contribution >= 0.6 is 0 Å². The number of nitrogens with zero attached hydrogens (tertiary/aromatic N) is 2. The summed E-state index contributed by atoms with van der Waals surface area (Å²) in [5, 5.41) is 10.8. The molecule has 0 N–H and O–H groups in total. The molecule has 16 heavy (non-hydrogen) atoms. The average Bonchev–Trinajstić information content (AvgIpc) is 2.65. The lowest BCUT2D eigenvalue weighted by molar-refractivity contribution is -0.385. The molecule has 0 aliphatic heterocycles. The van der Waals surface area contributed by atoms with Crippen LogP contribution in [0.1, 0.15) is 11.3 Å². The number of nitro groups is 1. The van der Waals surface area contributed by atoms with E-state index in [0.29, 0.717) is 6.54 Å². The van der Waals surface area contributed by atoms with Crippen LogP contribution in [-0.4, -0.2) is 9.49 Å². The smallest absolute Gasteiger partial charge is 0.274 e. The van der Waals surface area contributed by atoms with Gasteiger partial charge in [-0.05, 0) is 19.1 Å². The molecule has 0 unspecified atom stereocenters. The maximum Gasteiger partial charge on any atom is 0.274 e. The molecule has 1 aromatic carbocycles. The minimum atomic E-state index is -0.339. The molecule has 2 aromatic rings. The molecule has 1 heterocycles. The molecule has 4 nitrogen and oxygen atoms in total. The Morgan fingerprint density at radius 2 is 2.00 bits per heavy atom. The Morgan fingerprint density at radius 1 is 1.25 bits per heavy atom. The van der Waals surface area contributed by atoms with Gasteiger partial charge in [0.1, 0.15) is 0 Å². The number of benzene rings is 1. The first-order valence-corrected chi connectivity index (χ1v) is 5.02. The van der Waals surface area contributed by atoms with E-state index in [1.807, 2.05) is 35.9 Å². The van der Waals surface area contributed by atoms with Gasteiger partial charge in [0.2, 0.25) is 0 Å². The highest BCUT2D eigenvalue weighted by Crippen LogP contribution is 2.19. The van der Waals surface area contributed by atoms with Crippen molar-refractivity contribution in [1.29, 1.82) is 0 Å². The Hall–Kier alpha value is -2.10. The molecule has 0 saturated carbocycles. The van der Waals surface area contributed by atoms with Crippen LogP contribution in [0, 0.1) is 17.0 Å². The first-order valence-electron chi connectivity index (χ1n) is 5.02. The monoisotopic (exact) mass is 216 g/mol. The number of aromatic nitrogens is 1. The predicted molar refractivity (Wildman–Crippen MR) is 61.4 cm³/mol. The molecule has 1 aromatic heterocycles. The SMILES string of the molecule is Cc1cccn1Cc1ccccc1[N+](=O)[O-]. The first kappa shape index (κ1) is 10.4. The maximum atomic E-state index is 10.8. The summed E-state index contributed by atoms with van der Waals surface area (Å²) in [5.41, 5.74) is 2.00. The zero-order valence-electron chi connectivity index (χ0n) is 8.96. The van der Waals surface area contributed by atoms with Crippen LogP contribution in [0.2, 0.25) is 0 Å². The van der Waals surface area contributed by atoms with Gasteiger partial charge in [-0.15, -0.1) is 0 Å². The van der Waals surface area contributed by atoms with E-state index < -0.39 is 0 Å². The van der Waals surface area contributed by atoms with Gasteiger partial charge < -0.3 is 4.57 Å². The van der Waals surface area contributed by atoms with Crippen molar-refractivity contribution in [3.8, 4) is 0 Å². The molecule has 2 rings (SSSR count). The number of hydrogen-bond donors (Lipinski definition) is 0. The summed E-state index contributed by atoms with van der Waals surface area (Å²) in [5.74, 6) is 0. The van der Waals surface area contributed by atoms with Gasteiger partial charge in [0, 0.05) is 23.5 Å². The fourth-order valence-corrected chi connectivity index (χ4v) is 1.68. The third-order valence-electron chi connectivity index (χ3n) is 2.59. The minimum absolute atomic E-state index is 0.176. The standard InChI is InChI=1S/C12H12N2O2/c1-10-5-4-8-13(10)9-11-6-2-3-7-12(11)14(15)16/h2-8H,9H2,1H3. The van der Waals surface area contributed by atoms with Crippen LogP contribution in [0.4, 0.5) is 5.69 Å². The van der Waals surface area contributed by atoms with Gasteiger partial charge in [-0.3, -0.25) is 10.1 Å². The fourth-order valence-electron chi connectivity index (χ4n) is 1.68. The molecule has 0 atom stereocenters.